The minimum atomic E-state index is -0.916. The van der Waals surface area contributed by atoms with Crippen LogP contribution in [0, 0.1) is 0 Å². The maximum absolute atomic E-state index is 12.6. The number of allylic oxidation sites excluding steroid dienone is 4. The van der Waals surface area contributed by atoms with Crippen molar-refractivity contribution < 1.29 is 29.6 Å². The third-order valence-corrected chi connectivity index (χ3v) is 6.77. The number of rotatable bonds is 12. The van der Waals surface area contributed by atoms with Gasteiger partial charge in [-0.25, -0.2) is 4.79 Å². The Labute approximate surface area is 280 Å². The van der Waals surface area contributed by atoms with Gasteiger partial charge in [0.2, 0.25) is 5.91 Å². The highest BCUT2D eigenvalue weighted by molar-refractivity contribution is 6.15. The van der Waals surface area contributed by atoms with Crippen molar-refractivity contribution in [3.63, 3.8) is 0 Å². The molecule has 5 N–H and O–H groups in total. The molecule has 1 aliphatic heterocycles. The fourth-order valence-electron chi connectivity index (χ4n) is 4.27. The summed E-state index contributed by atoms with van der Waals surface area (Å²) >= 11 is 4.64. The molecule has 1 saturated heterocycles. The van der Waals surface area contributed by atoms with Crippen LogP contribution in [0.25, 0.3) is 0 Å². The zero-order valence-corrected chi connectivity index (χ0v) is 28.7. The highest BCUT2D eigenvalue weighted by atomic mass is 35.5. The number of carbonyl (C=O) groups excluding carboxylic acids is 2. The van der Waals surface area contributed by atoms with Gasteiger partial charge in [-0.2, -0.15) is 0 Å². The molecular formula is C37H53ClN2O6. The lowest BCUT2D eigenvalue weighted by atomic mass is 9.99. The first-order chi connectivity index (χ1) is 22.2. The zero-order chi connectivity index (χ0) is 34.9. The first-order valence-electron chi connectivity index (χ1n) is 15.6. The average Bonchev–Trinajstić information content (AvgIpc) is 3.09. The van der Waals surface area contributed by atoms with Crippen LogP contribution in [0.4, 0.5) is 0 Å². The number of aliphatic hydroxyl groups is 2. The average molecular weight is 657 g/mol. The lowest BCUT2D eigenvalue weighted by Gasteiger charge is -2.34. The Balaban J connectivity index is 0.00000230. The fourth-order valence-corrected chi connectivity index (χ4v) is 4.27. The third kappa shape index (κ3) is 15.5. The van der Waals surface area contributed by atoms with Crippen molar-refractivity contribution in [2.75, 3.05) is 19.5 Å². The molecule has 0 aliphatic carbocycles. The van der Waals surface area contributed by atoms with Crippen LogP contribution in [0.5, 0.6) is 11.5 Å². The smallest absolute Gasteiger partial charge is 0.343 e. The number of amides is 1. The summed E-state index contributed by atoms with van der Waals surface area (Å²) in [6.45, 7) is 12.1. The van der Waals surface area contributed by atoms with Crippen molar-refractivity contribution in [1.82, 2.24) is 4.90 Å². The number of likely N-dealkylation sites (tertiary alicyclic amines) is 1. The number of ether oxygens (including phenoxy) is 1. The van der Waals surface area contributed by atoms with Crippen molar-refractivity contribution in [3.05, 3.63) is 108 Å². The maximum atomic E-state index is 12.6. The minimum absolute atomic E-state index is 0.00552. The molecule has 0 aromatic heterocycles. The first-order valence-corrected chi connectivity index (χ1v) is 16.4. The Morgan fingerprint density at radius 3 is 2.35 bits per heavy atom. The number of nitrogens with zero attached hydrogens (tertiary/aromatic N) is 1. The number of phenols is 1. The fraction of sp³-hybridized carbons (Fsp3) is 0.405. The monoisotopic (exact) mass is 656 g/mol. The van der Waals surface area contributed by atoms with E-state index in [-0.39, 0.29) is 30.0 Å². The summed E-state index contributed by atoms with van der Waals surface area (Å²) in [7, 11) is 0. The van der Waals surface area contributed by atoms with Crippen molar-refractivity contribution >= 4 is 23.5 Å². The van der Waals surface area contributed by atoms with Gasteiger partial charge in [-0.3, -0.25) is 4.79 Å². The second-order valence-corrected chi connectivity index (χ2v) is 9.88. The molecule has 2 aromatic rings. The number of piperidine rings is 1. The Hall–Kier alpha value is -3.69. The lowest BCUT2D eigenvalue weighted by molar-refractivity contribution is -0.135. The molecular weight excluding hydrogens is 604 g/mol. The van der Waals surface area contributed by atoms with Crippen LogP contribution in [0.15, 0.2) is 91.6 Å². The van der Waals surface area contributed by atoms with E-state index in [9.17, 15) is 24.9 Å². The number of hydrogen-bond donors (Lipinski definition) is 4. The lowest BCUT2D eigenvalue weighted by Crippen LogP contribution is -2.43. The van der Waals surface area contributed by atoms with Gasteiger partial charge in [0.05, 0.1) is 23.8 Å². The molecule has 0 radical (unpaired) electrons. The molecule has 3 rings (SSSR count). The standard InChI is InChI=1S/C30H36N2O6.C4H8.C2H6.CH3Cl/c1-2-3-4-7-25(33)15-14-24-6-5-8-29(36)32(24)18-17-21-9-11-22(12-10-21)30(37)38-28-16-13-23(19-26(28)34)27(35)20-31;1-3-4-2;2*1-2/h2-4,9-16,19,24-25,27,33-35H,1,5-8,17-18,20,31H2;3-4H,1-2H3;1-2H3;1H3/b4-3+,15-14+;4-3-;;/t24-,25?,27?;;;/m1.../s1. The van der Waals surface area contributed by atoms with Crippen molar-refractivity contribution in [2.24, 2.45) is 5.73 Å². The van der Waals surface area contributed by atoms with Gasteiger partial charge in [0, 0.05) is 25.9 Å². The maximum Gasteiger partial charge on any atom is 0.343 e. The quantitative estimate of drug-likeness (QED) is 0.0633. The van der Waals surface area contributed by atoms with Gasteiger partial charge >= 0.3 is 5.97 Å². The van der Waals surface area contributed by atoms with Crippen molar-refractivity contribution in [1.29, 1.82) is 0 Å². The van der Waals surface area contributed by atoms with Crippen LogP contribution < -0.4 is 10.5 Å². The predicted octanol–water partition coefficient (Wildman–Crippen LogP) is 7.04. The normalized spacial score (nSPS) is 15.6. The largest absolute Gasteiger partial charge is 0.504 e. The molecule has 3 atom stereocenters. The first kappa shape index (κ1) is 42.3. The van der Waals surface area contributed by atoms with E-state index < -0.39 is 18.2 Å². The second kappa shape index (κ2) is 25.5. The Morgan fingerprint density at radius 1 is 1.13 bits per heavy atom. The van der Waals surface area contributed by atoms with Crippen molar-refractivity contribution in [2.45, 2.75) is 78.0 Å². The minimum Gasteiger partial charge on any atom is -0.504 e. The van der Waals surface area contributed by atoms with Gasteiger partial charge in [-0.1, -0.05) is 81.2 Å². The molecule has 9 heteroatoms. The van der Waals surface area contributed by atoms with E-state index in [4.69, 9.17) is 10.5 Å². The molecule has 0 spiro atoms. The predicted molar refractivity (Wildman–Crippen MR) is 189 cm³/mol. The Morgan fingerprint density at radius 2 is 1.78 bits per heavy atom. The summed E-state index contributed by atoms with van der Waals surface area (Å²) < 4.78 is 5.31. The second-order valence-electron chi connectivity index (χ2n) is 9.88. The Bertz CT molecular complexity index is 1240. The van der Waals surface area contributed by atoms with Crippen LogP contribution in [-0.4, -0.2) is 63.7 Å². The molecule has 0 saturated carbocycles. The molecule has 1 fully saturated rings. The van der Waals surface area contributed by atoms with Crippen LogP contribution in [0.2, 0.25) is 0 Å². The third-order valence-electron chi connectivity index (χ3n) is 6.77. The number of carbonyl (C=O) groups is 2. The number of halogens is 1. The number of aromatic hydroxyl groups is 1. The van der Waals surface area contributed by atoms with Gasteiger partial charge in [-0.15, -0.1) is 11.6 Å². The molecule has 254 valence electrons. The molecule has 2 aromatic carbocycles. The highest BCUT2D eigenvalue weighted by Gasteiger charge is 2.26. The van der Waals surface area contributed by atoms with E-state index >= 15 is 0 Å². The SMILES string of the molecule is C/C=C\C.C=C/C=C/CC(O)/C=C/[C@H]1CCCC(=O)N1CCc1ccc(C(=O)Oc2ccc(C(O)CN)cc2O)cc1.CC.CCl. The van der Waals surface area contributed by atoms with Gasteiger partial charge in [0.25, 0.3) is 0 Å². The summed E-state index contributed by atoms with van der Waals surface area (Å²) in [5.74, 6) is -0.819. The van der Waals surface area contributed by atoms with E-state index in [0.717, 1.165) is 18.4 Å². The van der Waals surface area contributed by atoms with Gasteiger partial charge < -0.3 is 30.7 Å². The van der Waals surface area contributed by atoms with Crippen molar-refractivity contribution in [3.8, 4) is 11.5 Å². The molecule has 1 aliphatic rings. The number of hydrogen-bond acceptors (Lipinski definition) is 7. The van der Waals surface area contributed by atoms with Crippen LogP contribution in [0.3, 0.4) is 0 Å². The summed E-state index contributed by atoms with van der Waals surface area (Å²) in [6.07, 6.45) is 16.2. The summed E-state index contributed by atoms with van der Waals surface area (Å²) in [5.41, 5.74) is 7.13. The van der Waals surface area contributed by atoms with Gasteiger partial charge in [0.1, 0.15) is 0 Å². The molecule has 1 heterocycles. The van der Waals surface area contributed by atoms with E-state index in [1.54, 1.807) is 30.4 Å². The van der Waals surface area contributed by atoms with Gasteiger partial charge in [-0.05, 0) is 74.9 Å². The molecule has 2 unspecified atom stereocenters. The number of aliphatic hydroxyl groups excluding tert-OH is 2. The van der Waals surface area contributed by atoms with Crippen LogP contribution in [-0.2, 0) is 11.2 Å². The van der Waals surface area contributed by atoms with Crippen LogP contribution >= 0.6 is 11.6 Å². The van der Waals surface area contributed by atoms with E-state index in [0.29, 0.717) is 36.9 Å². The molecule has 8 nitrogen and oxygen atoms in total. The molecule has 0 bridgehead atoms. The number of phenolic OH excluding ortho intramolecular Hbond substituents is 1. The van der Waals surface area contributed by atoms with E-state index in [1.165, 1.54) is 24.6 Å². The Kier molecular flexibility index (Phi) is 23.5. The number of alkyl halides is 1. The number of nitrogens with two attached hydrogens (primary N) is 1. The van der Waals surface area contributed by atoms with Gasteiger partial charge in [0.15, 0.2) is 11.5 Å². The number of esters is 1. The summed E-state index contributed by atoms with van der Waals surface area (Å²) in [4.78, 5) is 27.0. The molecule has 1 amide bonds. The van der Waals surface area contributed by atoms with E-state index in [1.807, 2.05) is 69.0 Å². The van der Waals surface area contributed by atoms with Crippen LogP contribution in [0.1, 0.15) is 81.0 Å². The van der Waals surface area contributed by atoms with E-state index in [2.05, 4.69) is 18.2 Å². The highest BCUT2D eigenvalue weighted by Crippen LogP contribution is 2.30. The summed E-state index contributed by atoms with van der Waals surface area (Å²) in [6, 6.07) is 11.1. The zero-order valence-electron chi connectivity index (χ0n) is 27.9. The summed E-state index contributed by atoms with van der Waals surface area (Å²) in [5, 5.41) is 30.1. The molecule has 46 heavy (non-hydrogen) atoms. The topological polar surface area (TPSA) is 133 Å². The number of benzene rings is 2.